The van der Waals surface area contributed by atoms with Crippen molar-refractivity contribution >= 4 is 22.9 Å². The summed E-state index contributed by atoms with van der Waals surface area (Å²) in [6.45, 7) is 2.53. The molecule has 32 heavy (non-hydrogen) atoms. The summed E-state index contributed by atoms with van der Waals surface area (Å²) in [5.41, 5.74) is -1.31. The molecule has 3 aliphatic heterocycles. The van der Waals surface area contributed by atoms with Crippen molar-refractivity contribution in [1.82, 2.24) is 19.8 Å². The maximum absolute atomic E-state index is 12.9. The Labute approximate surface area is 185 Å². The van der Waals surface area contributed by atoms with Crippen molar-refractivity contribution < 1.29 is 31.7 Å². The number of amides is 3. The van der Waals surface area contributed by atoms with Crippen molar-refractivity contribution in [3.63, 3.8) is 0 Å². The normalized spacial score (nSPS) is 25.0. The van der Waals surface area contributed by atoms with E-state index >= 15 is 0 Å². The lowest BCUT2D eigenvalue weighted by molar-refractivity contribution is -0.142. The zero-order valence-electron chi connectivity index (χ0n) is 17.1. The highest BCUT2D eigenvalue weighted by atomic mass is 32.2. The molecule has 1 aromatic rings. The van der Waals surface area contributed by atoms with Crippen LogP contribution in [0.3, 0.4) is 0 Å². The molecule has 0 radical (unpaired) electrons. The van der Waals surface area contributed by atoms with Crippen LogP contribution in [0.25, 0.3) is 0 Å². The van der Waals surface area contributed by atoms with Crippen LogP contribution in [0.1, 0.15) is 18.4 Å². The number of rotatable bonds is 3. The minimum Gasteiger partial charge on any atom is -0.369 e. The van der Waals surface area contributed by atoms with Crippen LogP contribution in [0.15, 0.2) is 29.2 Å². The van der Waals surface area contributed by atoms with E-state index < -0.39 is 28.3 Å². The van der Waals surface area contributed by atoms with Crippen molar-refractivity contribution in [3.8, 4) is 0 Å². The maximum atomic E-state index is 12.9. The largest absolute Gasteiger partial charge is 0.416 e. The van der Waals surface area contributed by atoms with Gasteiger partial charge in [0.15, 0.2) is 0 Å². The van der Waals surface area contributed by atoms with Gasteiger partial charge in [-0.3, -0.25) is 4.79 Å². The fourth-order valence-corrected chi connectivity index (χ4v) is 6.17. The van der Waals surface area contributed by atoms with Gasteiger partial charge in [0.05, 0.1) is 22.6 Å². The predicted molar refractivity (Wildman–Crippen MR) is 107 cm³/mol. The van der Waals surface area contributed by atoms with E-state index in [1.54, 1.807) is 9.80 Å². The molecule has 5 rings (SSSR count). The summed E-state index contributed by atoms with van der Waals surface area (Å²) in [6, 6.07) is 4.39. The zero-order valence-corrected chi connectivity index (χ0v) is 17.9. The number of ether oxygens (including phenoxy) is 1. The molecule has 2 spiro atoms. The lowest BCUT2D eigenvalue weighted by atomic mass is 9.61. The molecule has 1 aliphatic carbocycles. The van der Waals surface area contributed by atoms with E-state index in [0.29, 0.717) is 32.8 Å². The van der Waals surface area contributed by atoms with Crippen LogP contribution in [0, 0.1) is 5.41 Å². The monoisotopic (exact) mass is 472 g/mol. The lowest BCUT2D eigenvalue weighted by Crippen LogP contribution is -2.78. The average Bonchev–Trinajstić information content (AvgIpc) is 2.65. The van der Waals surface area contributed by atoms with Gasteiger partial charge in [-0.05, 0) is 31.0 Å². The molecule has 2 N–H and O–H groups in total. The van der Waals surface area contributed by atoms with Crippen molar-refractivity contribution in [3.05, 3.63) is 29.8 Å². The number of nitrogens with zero attached hydrogens (tertiary/aromatic N) is 2. The van der Waals surface area contributed by atoms with Crippen LogP contribution >= 0.6 is 0 Å². The first-order valence-electron chi connectivity index (χ1n) is 10.3. The number of hydrogen-bond donors (Lipinski definition) is 2. The zero-order chi connectivity index (χ0) is 22.7. The van der Waals surface area contributed by atoms with E-state index in [0.717, 1.165) is 25.0 Å². The highest BCUT2D eigenvalue weighted by Crippen LogP contribution is 2.49. The number of carbonyl (C=O) groups excluding carboxylic acids is 2. The Morgan fingerprint density at radius 3 is 2.53 bits per heavy atom. The molecule has 12 heteroatoms. The summed E-state index contributed by atoms with van der Waals surface area (Å²) in [7, 11) is -1.73. The summed E-state index contributed by atoms with van der Waals surface area (Å²) < 4.78 is 59.2. The quantitative estimate of drug-likeness (QED) is 0.690. The van der Waals surface area contributed by atoms with Crippen molar-refractivity contribution in [2.45, 2.75) is 35.5 Å². The van der Waals surface area contributed by atoms with Gasteiger partial charge in [0.1, 0.15) is 17.6 Å². The summed E-state index contributed by atoms with van der Waals surface area (Å²) >= 11 is 0. The number of likely N-dealkylation sites (tertiary alicyclic amines) is 2. The molecule has 1 atom stereocenters. The number of urea groups is 1. The number of alkyl halides is 3. The summed E-state index contributed by atoms with van der Waals surface area (Å²) in [5, 5.41) is 2.90. The first kappa shape index (κ1) is 21.7. The Bertz CT molecular complexity index is 968. The molecule has 1 aromatic carbocycles. The summed E-state index contributed by atoms with van der Waals surface area (Å²) in [6.07, 6.45) is -3.04. The second-order valence-corrected chi connectivity index (χ2v) is 10.6. The van der Waals surface area contributed by atoms with Gasteiger partial charge in [-0.25, -0.2) is 13.7 Å². The van der Waals surface area contributed by atoms with Crippen LogP contribution in [-0.4, -0.2) is 76.9 Å². The molecule has 1 saturated carbocycles. The Morgan fingerprint density at radius 1 is 1.19 bits per heavy atom. The molecule has 4 fully saturated rings. The molecule has 0 bridgehead atoms. The Morgan fingerprint density at radius 2 is 1.88 bits per heavy atom. The van der Waals surface area contributed by atoms with Gasteiger partial charge in [-0.1, -0.05) is 6.07 Å². The van der Waals surface area contributed by atoms with E-state index in [4.69, 9.17) is 4.74 Å². The van der Waals surface area contributed by atoms with Crippen molar-refractivity contribution in [2.24, 2.45) is 5.41 Å². The molecular weight excluding hydrogens is 449 g/mol. The molecule has 3 heterocycles. The van der Waals surface area contributed by atoms with Crippen LogP contribution < -0.4 is 10.0 Å². The maximum Gasteiger partial charge on any atom is 0.416 e. The number of benzene rings is 1. The van der Waals surface area contributed by atoms with E-state index in [1.165, 1.54) is 12.1 Å². The molecule has 1 unspecified atom stereocenters. The SMILES string of the molecule is O=C1COCC2(CN(C(=O)N3CC4(CC(NS(=O)c5cccc(C(F)(F)F)c5)C4)C3)C2)N1. The molecular formula is C20H23F3N4O4S. The van der Waals surface area contributed by atoms with Gasteiger partial charge in [0.2, 0.25) is 5.91 Å². The molecule has 3 saturated heterocycles. The number of carbonyl (C=O) groups is 2. The molecule has 8 nitrogen and oxygen atoms in total. The molecule has 0 aromatic heterocycles. The minimum absolute atomic E-state index is 0.0178. The predicted octanol–water partition coefficient (Wildman–Crippen LogP) is 1.10. The van der Waals surface area contributed by atoms with Gasteiger partial charge in [0.25, 0.3) is 0 Å². The fraction of sp³-hybridized carbons (Fsp3) is 0.600. The smallest absolute Gasteiger partial charge is 0.369 e. The third-order valence-corrected chi connectivity index (χ3v) is 7.83. The van der Waals surface area contributed by atoms with Gasteiger partial charge < -0.3 is 19.9 Å². The van der Waals surface area contributed by atoms with E-state index in [-0.39, 0.29) is 34.9 Å². The van der Waals surface area contributed by atoms with Crippen molar-refractivity contribution in [2.75, 3.05) is 39.4 Å². The first-order valence-corrected chi connectivity index (χ1v) is 11.5. The van der Waals surface area contributed by atoms with E-state index in [1.807, 2.05) is 0 Å². The highest BCUT2D eigenvalue weighted by molar-refractivity contribution is 7.83. The molecule has 3 amide bonds. The topological polar surface area (TPSA) is 91.0 Å². The number of nitrogens with one attached hydrogen (secondary N) is 2. The fourth-order valence-electron chi connectivity index (χ4n) is 5.13. The molecule has 4 aliphatic rings. The first-order chi connectivity index (χ1) is 15.1. The molecule has 174 valence electrons. The van der Waals surface area contributed by atoms with Gasteiger partial charge in [0, 0.05) is 37.6 Å². The van der Waals surface area contributed by atoms with Crippen LogP contribution in [0.2, 0.25) is 0 Å². The highest BCUT2D eigenvalue weighted by Gasteiger charge is 2.57. The minimum atomic E-state index is -4.48. The number of hydrogen-bond acceptors (Lipinski definition) is 4. The van der Waals surface area contributed by atoms with Gasteiger partial charge in [-0.2, -0.15) is 13.2 Å². The summed E-state index contributed by atoms with van der Waals surface area (Å²) in [4.78, 5) is 27.7. The third kappa shape index (κ3) is 3.88. The number of morpholine rings is 1. The number of halogens is 3. The van der Waals surface area contributed by atoms with E-state index in [9.17, 15) is 27.0 Å². The second-order valence-electron chi connectivity index (χ2n) is 9.33. The Balaban J connectivity index is 1.07. The van der Waals surface area contributed by atoms with Crippen LogP contribution in [-0.2, 0) is 26.7 Å². The van der Waals surface area contributed by atoms with Crippen LogP contribution in [0.4, 0.5) is 18.0 Å². The van der Waals surface area contributed by atoms with Crippen LogP contribution in [0.5, 0.6) is 0 Å². The third-order valence-electron chi connectivity index (χ3n) is 6.60. The lowest BCUT2D eigenvalue weighted by Gasteiger charge is -2.61. The van der Waals surface area contributed by atoms with Gasteiger partial charge >= 0.3 is 12.2 Å². The second kappa shape index (κ2) is 7.42. The summed E-state index contributed by atoms with van der Waals surface area (Å²) in [5.74, 6) is -0.165. The van der Waals surface area contributed by atoms with Crippen molar-refractivity contribution in [1.29, 1.82) is 0 Å². The van der Waals surface area contributed by atoms with Gasteiger partial charge in [-0.15, -0.1) is 0 Å². The Hall–Kier alpha value is -2.18. The van der Waals surface area contributed by atoms with E-state index in [2.05, 4.69) is 10.0 Å². The average molecular weight is 472 g/mol. The standard InChI is InChI=1S/C20H23F3N4O4S/c21-20(22,23)13-2-1-3-15(4-13)32(30)25-14-5-18(6-14)8-26(9-18)17(29)27-10-19(11-27)12-31-7-16(28)24-19/h1-4,14,25H,5-12H2,(H,24,28). The Kier molecular flexibility index (Phi) is 5.02.